The van der Waals surface area contributed by atoms with Crippen LogP contribution in [0.5, 0.6) is 0 Å². The third kappa shape index (κ3) is 1.93. The number of ketones is 1. The molecule has 0 radical (unpaired) electrons. The summed E-state index contributed by atoms with van der Waals surface area (Å²) in [6, 6.07) is 2.09. The number of carbonyl (C=O) groups excluding carboxylic acids is 1. The molecule has 0 aromatic carbocycles. The van der Waals surface area contributed by atoms with Crippen LogP contribution in [0, 0.1) is 0 Å². The van der Waals surface area contributed by atoms with Gasteiger partial charge in [0.25, 0.3) is 0 Å². The first kappa shape index (κ1) is 11.4. The lowest BCUT2D eigenvalue weighted by Gasteiger charge is -1.94. The normalized spacial score (nSPS) is 14.1. The Bertz CT molecular complexity index is 715. The maximum atomic E-state index is 12.3. The van der Waals surface area contributed by atoms with Gasteiger partial charge in [0.1, 0.15) is 0 Å². The number of hydrogen-bond donors (Lipinski definition) is 0. The zero-order valence-electron chi connectivity index (χ0n) is 10.3. The highest BCUT2D eigenvalue weighted by molar-refractivity contribution is 7.15. The second-order valence-electron chi connectivity index (χ2n) is 4.84. The van der Waals surface area contributed by atoms with Crippen LogP contribution in [0.2, 0.25) is 0 Å². The minimum Gasteiger partial charge on any atom is -0.297 e. The fraction of sp³-hybridized carbons (Fsp3) is 0.286. The standard InChI is InChI=1S/C14H12N2OS2/c17-11(13-6-9-2-1-3-12(9)19-13)7-10-8-16-4-5-18-14(16)15-10/h4-6,8H,1-3,7H2. The van der Waals surface area contributed by atoms with Gasteiger partial charge in [0.15, 0.2) is 10.7 Å². The molecule has 0 saturated carbocycles. The number of thiophene rings is 1. The summed E-state index contributed by atoms with van der Waals surface area (Å²) in [5.74, 6) is 0.199. The van der Waals surface area contributed by atoms with Gasteiger partial charge in [-0.25, -0.2) is 4.98 Å². The van der Waals surface area contributed by atoms with Crippen molar-refractivity contribution >= 4 is 33.4 Å². The lowest BCUT2D eigenvalue weighted by molar-refractivity contribution is 0.0996. The predicted octanol–water partition coefficient (Wildman–Crippen LogP) is 3.37. The van der Waals surface area contributed by atoms with Crippen LogP contribution >= 0.6 is 22.7 Å². The largest absolute Gasteiger partial charge is 0.297 e. The average Bonchev–Trinajstić information content (AvgIpc) is 3.05. The van der Waals surface area contributed by atoms with Gasteiger partial charge in [-0.1, -0.05) is 0 Å². The van der Waals surface area contributed by atoms with Gasteiger partial charge in [-0.2, -0.15) is 0 Å². The zero-order valence-corrected chi connectivity index (χ0v) is 11.9. The summed E-state index contributed by atoms with van der Waals surface area (Å²) in [4.78, 5) is 20.0. The summed E-state index contributed by atoms with van der Waals surface area (Å²) in [5, 5.41) is 2.00. The van der Waals surface area contributed by atoms with Crippen LogP contribution in [0.15, 0.2) is 23.8 Å². The Morgan fingerprint density at radius 3 is 3.21 bits per heavy atom. The third-order valence-electron chi connectivity index (χ3n) is 3.51. The number of fused-ring (bicyclic) bond motifs is 2. The van der Waals surface area contributed by atoms with Crippen molar-refractivity contribution in [2.24, 2.45) is 0 Å². The van der Waals surface area contributed by atoms with Crippen LogP contribution in [0.1, 0.15) is 32.2 Å². The molecule has 0 unspecified atom stereocenters. The highest BCUT2D eigenvalue weighted by Crippen LogP contribution is 2.31. The topological polar surface area (TPSA) is 34.4 Å². The quantitative estimate of drug-likeness (QED) is 0.692. The average molecular weight is 288 g/mol. The van der Waals surface area contributed by atoms with Crippen molar-refractivity contribution in [2.45, 2.75) is 25.7 Å². The summed E-state index contributed by atoms with van der Waals surface area (Å²) in [6.07, 6.45) is 7.86. The van der Waals surface area contributed by atoms with Crippen LogP contribution < -0.4 is 0 Å². The SMILES string of the molecule is O=C(Cc1cn2ccsc2n1)c1cc2c(s1)CCC2. The van der Waals surface area contributed by atoms with Crippen LogP contribution in [-0.2, 0) is 19.3 Å². The highest BCUT2D eigenvalue weighted by Gasteiger charge is 2.19. The van der Waals surface area contributed by atoms with E-state index in [0.29, 0.717) is 6.42 Å². The van der Waals surface area contributed by atoms with Crippen LogP contribution in [0.3, 0.4) is 0 Å². The Balaban J connectivity index is 1.58. The van der Waals surface area contributed by atoms with Crippen molar-refractivity contribution in [1.82, 2.24) is 9.38 Å². The number of hydrogen-bond acceptors (Lipinski definition) is 4. The Kier molecular flexibility index (Phi) is 2.56. The first-order chi connectivity index (χ1) is 9.29. The monoisotopic (exact) mass is 288 g/mol. The van der Waals surface area contributed by atoms with Crippen molar-refractivity contribution in [3.05, 3.63) is 44.9 Å². The fourth-order valence-electron chi connectivity index (χ4n) is 2.58. The molecule has 0 bridgehead atoms. The molecule has 0 atom stereocenters. The van der Waals surface area contributed by atoms with E-state index in [1.165, 1.54) is 16.9 Å². The maximum Gasteiger partial charge on any atom is 0.193 e. The van der Waals surface area contributed by atoms with Crippen molar-refractivity contribution in [1.29, 1.82) is 0 Å². The van der Waals surface area contributed by atoms with E-state index < -0.39 is 0 Å². The van der Waals surface area contributed by atoms with Gasteiger partial charge in [-0.3, -0.25) is 9.20 Å². The molecule has 1 aliphatic rings. The first-order valence-corrected chi connectivity index (χ1v) is 8.05. The number of rotatable bonds is 3. The van der Waals surface area contributed by atoms with Gasteiger partial charge in [-0.15, -0.1) is 22.7 Å². The fourth-order valence-corrected chi connectivity index (χ4v) is 4.49. The van der Waals surface area contributed by atoms with E-state index in [-0.39, 0.29) is 5.78 Å². The smallest absolute Gasteiger partial charge is 0.193 e. The molecule has 3 aromatic rings. The Morgan fingerprint density at radius 2 is 2.37 bits per heavy atom. The van der Waals surface area contributed by atoms with E-state index in [2.05, 4.69) is 11.1 Å². The summed E-state index contributed by atoms with van der Waals surface area (Å²) >= 11 is 3.27. The predicted molar refractivity (Wildman–Crippen MR) is 77.4 cm³/mol. The van der Waals surface area contributed by atoms with Crippen LogP contribution in [0.4, 0.5) is 0 Å². The zero-order chi connectivity index (χ0) is 12.8. The molecule has 0 spiro atoms. The summed E-state index contributed by atoms with van der Waals surface area (Å²) in [5.41, 5.74) is 2.25. The van der Waals surface area contributed by atoms with E-state index in [9.17, 15) is 4.79 Å². The van der Waals surface area contributed by atoms with Gasteiger partial charge < -0.3 is 0 Å². The van der Waals surface area contributed by atoms with Gasteiger partial charge in [0, 0.05) is 22.7 Å². The molecule has 0 aliphatic heterocycles. The minimum atomic E-state index is 0.199. The third-order valence-corrected chi connectivity index (χ3v) is 5.56. The van der Waals surface area contributed by atoms with E-state index in [4.69, 9.17) is 0 Å². The molecule has 96 valence electrons. The van der Waals surface area contributed by atoms with Gasteiger partial charge in [0.05, 0.1) is 17.0 Å². The molecule has 0 saturated heterocycles. The molecule has 3 heterocycles. The highest BCUT2D eigenvalue weighted by atomic mass is 32.1. The molecule has 0 N–H and O–H groups in total. The summed E-state index contributed by atoms with van der Waals surface area (Å²) in [6.45, 7) is 0. The number of nitrogens with zero attached hydrogens (tertiary/aromatic N) is 2. The summed E-state index contributed by atoms with van der Waals surface area (Å²) < 4.78 is 1.97. The van der Waals surface area contributed by atoms with E-state index in [1.807, 2.05) is 22.2 Å². The molecule has 1 aliphatic carbocycles. The Labute approximate surface area is 118 Å². The maximum absolute atomic E-state index is 12.3. The van der Waals surface area contributed by atoms with Gasteiger partial charge >= 0.3 is 0 Å². The first-order valence-electron chi connectivity index (χ1n) is 6.35. The van der Waals surface area contributed by atoms with Crippen molar-refractivity contribution < 1.29 is 4.79 Å². The number of Topliss-reactive ketones (excluding diaryl/α,β-unsaturated/α-hetero) is 1. The molecule has 3 nitrogen and oxygen atoms in total. The number of imidazole rings is 1. The molecule has 0 amide bonds. The van der Waals surface area contributed by atoms with E-state index in [1.54, 1.807) is 22.7 Å². The molecule has 0 fully saturated rings. The second kappa shape index (κ2) is 4.28. The molecule has 4 rings (SSSR count). The molecular weight excluding hydrogens is 276 g/mol. The number of aromatic nitrogens is 2. The number of aryl methyl sites for hydroxylation is 2. The van der Waals surface area contributed by atoms with Gasteiger partial charge in [0.2, 0.25) is 0 Å². The molecule has 19 heavy (non-hydrogen) atoms. The van der Waals surface area contributed by atoms with Crippen molar-refractivity contribution in [3.63, 3.8) is 0 Å². The lowest BCUT2D eigenvalue weighted by Crippen LogP contribution is -2.01. The summed E-state index contributed by atoms with van der Waals surface area (Å²) in [7, 11) is 0. The van der Waals surface area contributed by atoms with E-state index in [0.717, 1.165) is 28.4 Å². The van der Waals surface area contributed by atoms with Gasteiger partial charge in [-0.05, 0) is 30.9 Å². The van der Waals surface area contributed by atoms with Crippen LogP contribution in [0.25, 0.3) is 4.96 Å². The number of carbonyl (C=O) groups is 1. The molecule has 5 heteroatoms. The van der Waals surface area contributed by atoms with E-state index >= 15 is 0 Å². The number of thiazole rings is 1. The Morgan fingerprint density at radius 1 is 1.42 bits per heavy atom. The minimum absolute atomic E-state index is 0.199. The van der Waals surface area contributed by atoms with Crippen LogP contribution in [-0.4, -0.2) is 15.2 Å². The van der Waals surface area contributed by atoms with Crippen molar-refractivity contribution in [2.75, 3.05) is 0 Å². The molecular formula is C14H12N2OS2. The Hall–Kier alpha value is -1.46. The van der Waals surface area contributed by atoms with Crippen molar-refractivity contribution in [3.8, 4) is 0 Å². The lowest BCUT2D eigenvalue weighted by atomic mass is 10.1. The second-order valence-corrected chi connectivity index (χ2v) is 6.85. The molecule has 3 aromatic heterocycles.